The van der Waals surface area contributed by atoms with Gasteiger partial charge in [0.05, 0.1) is 34.1 Å². The summed E-state index contributed by atoms with van der Waals surface area (Å²) in [5.41, 5.74) is 2.86. The molecule has 1 N–H and O–H groups in total. The van der Waals surface area contributed by atoms with Gasteiger partial charge in [-0.15, -0.1) is 0 Å². The van der Waals surface area contributed by atoms with E-state index in [-0.39, 0.29) is 11.2 Å². The van der Waals surface area contributed by atoms with Crippen LogP contribution in [0.1, 0.15) is 12.5 Å². The lowest BCUT2D eigenvalue weighted by atomic mass is 10.2. The van der Waals surface area contributed by atoms with Crippen LogP contribution >= 0.6 is 11.8 Å². The maximum absolute atomic E-state index is 12.6. The molecule has 1 amide bonds. The Hall–Kier alpha value is -2.82. The lowest BCUT2D eigenvalue weighted by molar-refractivity contribution is -0.115. The van der Waals surface area contributed by atoms with E-state index in [1.807, 2.05) is 31.2 Å². The zero-order valence-electron chi connectivity index (χ0n) is 15.2. The van der Waals surface area contributed by atoms with Crippen LogP contribution < -0.4 is 5.32 Å². The zero-order chi connectivity index (χ0) is 19.2. The highest BCUT2D eigenvalue weighted by Gasteiger charge is 2.20. The standard InChI is InChI=1S/C20H20N4O2S/c1-14(19(25)22-16-8-4-3-7-15(16)13-21)27-20-23-17-9-5-6-10-18(17)24(20)11-12-26-2/h3-10,14H,11-12H2,1-2H3,(H,22,25). The van der Waals surface area contributed by atoms with Crippen LogP contribution in [0.15, 0.2) is 53.7 Å². The van der Waals surface area contributed by atoms with E-state index in [1.54, 1.807) is 31.4 Å². The average molecular weight is 380 g/mol. The number of aromatic nitrogens is 2. The number of hydrogen-bond donors (Lipinski definition) is 1. The molecule has 1 unspecified atom stereocenters. The highest BCUT2D eigenvalue weighted by Crippen LogP contribution is 2.28. The third-order valence-electron chi connectivity index (χ3n) is 4.10. The van der Waals surface area contributed by atoms with Gasteiger partial charge < -0.3 is 14.6 Å². The van der Waals surface area contributed by atoms with Gasteiger partial charge in [0.15, 0.2) is 5.16 Å². The molecule has 27 heavy (non-hydrogen) atoms. The number of rotatable bonds is 7. The van der Waals surface area contributed by atoms with Crippen LogP contribution in [0, 0.1) is 11.3 Å². The summed E-state index contributed by atoms with van der Waals surface area (Å²) < 4.78 is 7.27. The van der Waals surface area contributed by atoms with Crippen LogP contribution in [0.4, 0.5) is 5.69 Å². The fraction of sp³-hybridized carbons (Fsp3) is 0.250. The van der Waals surface area contributed by atoms with Crippen molar-refractivity contribution in [3.8, 4) is 6.07 Å². The van der Waals surface area contributed by atoms with Crippen molar-refractivity contribution in [3.05, 3.63) is 54.1 Å². The lowest BCUT2D eigenvalue weighted by Gasteiger charge is -2.14. The molecule has 3 rings (SSSR count). The van der Waals surface area contributed by atoms with E-state index >= 15 is 0 Å². The maximum atomic E-state index is 12.6. The molecule has 0 aliphatic rings. The quantitative estimate of drug-likeness (QED) is 0.633. The predicted octanol–water partition coefficient (Wildman–Crippen LogP) is 3.67. The van der Waals surface area contributed by atoms with Crippen LogP contribution in [-0.2, 0) is 16.1 Å². The molecule has 6 nitrogen and oxygen atoms in total. The van der Waals surface area contributed by atoms with E-state index in [4.69, 9.17) is 4.74 Å². The summed E-state index contributed by atoms with van der Waals surface area (Å²) in [7, 11) is 1.66. The van der Waals surface area contributed by atoms with Gasteiger partial charge in [0.1, 0.15) is 6.07 Å². The Kier molecular flexibility index (Phi) is 6.12. The van der Waals surface area contributed by atoms with Crippen molar-refractivity contribution in [3.63, 3.8) is 0 Å². The summed E-state index contributed by atoms with van der Waals surface area (Å²) in [6.07, 6.45) is 0. The number of thioether (sulfide) groups is 1. The van der Waals surface area contributed by atoms with Gasteiger partial charge in [-0.3, -0.25) is 4.79 Å². The molecule has 0 bridgehead atoms. The highest BCUT2D eigenvalue weighted by atomic mass is 32.2. The summed E-state index contributed by atoms with van der Waals surface area (Å²) in [5.74, 6) is -0.173. The maximum Gasteiger partial charge on any atom is 0.237 e. The molecule has 0 fully saturated rings. The molecule has 3 aromatic rings. The van der Waals surface area contributed by atoms with E-state index in [1.165, 1.54) is 11.8 Å². The number of carbonyl (C=O) groups is 1. The third-order valence-corrected chi connectivity index (χ3v) is 5.19. The van der Waals surface area contributed by atoms with Gasteiger partial charge in [-0.2, -0.15) is 5.26 Å². The number of anilines is 1. The molecule has 0 saturated heterocycles. The summed E-state index contributed by atoms with van der Waals surface area (Å²) in [6, 6.07) is 16.9. The minimum Gasteiger partial charge on any atom is -0.383 e. The molecular formula is C20H20N4O2S. The molecule has 1 aromatic heterocycles. The predicted molar refractivity (Wildman–Crippen MR) is 107 cm³/mol. The Balaban J connectivity index is 1.80. The first-order chi connectivity index (χ1) is 13.1. The minimum absolute atomic E-state index is 0.173. The van der Waals surface area contributed by atoms with Gasteiger partial charge in [0.25, 0.3) is 0 Å². The van der Waals surface area contributed by atoms with Crippen molar-refractivity contribution in [2.24, 2.45) is 0 Å². The Bertz CT molecular complexity index is 993. The number of methoxy groups -OCH3 is 1. The lowest BCUT2D eigenvalue weighted by Crippen LogP contribution is -2.23. The van der Waals surface area contributed by atoms with Gasteiger partial charge in [0, 0.05) is 13.7 Å². The number of nitriles is 1. The van der Waals surface area contributed by atoms with Gasteiger partial charge in [-0.25, -0.2) is 4.98 Å². The minimum atomic E-state index is -0.380. The number of ether oxygens (including phenoxy) is 1. The zero-order valence-corrected chi connectivity index (χ0v) is 16.0. The monoisotopic (exact) mass is 380 g/mol. The summed E-state index contributed by atoms with van der Waals surface area (Å²) in [4.78, 5) is 17.3. The van der Waals surface area contributed by atoms with Gasteiger partial charge in [-0.05, 0) is 31.2 Å². The van der Waals surface area contributed by atoms with Crippen molar-refractivity contribution < 1.29 is 9.53 Å². The summed E-state index contributed by atoms with van der Waals surface area (Å²) >= 11 is 1.39. The number of hydrogen-bond acceptors (Lipinski definition) is 5. The molecule has 2 aromatic carbocycles. The number of benzene rings is 2. The fourth-order valence-electron chi connectivity index (χ4n) is 2.68. The van der Waals surface area contributed by atoms with E-state index in [0.717, 1.165) is 16.2 Å². The molecule has 138 valence electrons. The number of para-hydroxylation sites is 3. The van der Waals surface area contributed by atoms with Crippen molar-refractivity contribution >= 4 is 34.4 Å². The smallest absolute Gasteiger partial charge is 0.237 e. The fourth-order valence-corrected chi connectivity index (χ4v) is 3.63. The van der Waals surface area contributed by atoms with Crippen LogP contribution in [0.3, 0.4) is 0 Å². The molecule has 7 heteroatoms. The van der Waals surface area contributed by atoms with E-state index in [9.17, 15) is 10.1 Å². The van der Waals surface area contributed by atoms with Crippen LogP contribution in [0.5, 0.6) is 0 Å². The number of fused-ring (bicyclic) bond motifs is 1. The topological polar surface area (TPSA) is 79.9 Å². The van der Waals surface area contributed by atoms with Gasteiger partial charge in [-0.1, -0.05) is 36.0 Å². The molecule has 0 radical (unpaired) electrons. The van der Waals surface area contributed by atoms with Crippen molar-refractivity contribution in [1.29, 1.82) is 5.26 Å². The number of amides is 1. The third kappa shape index (κ3) is 4.30. The molecule has 1 heterocycles. The summed E-state index contributed by atoms with van der Waals surface area (Å²) in [6.45, 7) is 3.05. The molecular weight excluding hydrogens is 360 g/mol. The first-order valence-electron chi connectivity index (χ1n) is 8.55. The molecule has 1 atom stereocenters. The molecule has 0 aliphatic carbocycles. The second-order valence-corrected chi connectivity index (χ2v) is 7.24. The second-order valence-electron chi connectivity index (χ2n) is 5.93. The van der Waals surface area contributed by atoms with Crippen molar-refractivity contribution in [2.75, 3.05) is 19.0 Å². The highest BCUT2D eigenvalue weighted by molar-refractivity contribution is 8.00. The number of nitrogens with zero attached hydrogens (tertiary/aromatic N) is 3. The molecule has 0 aliphatic heterocycles. The van der Waals surface area contributed by atoms with Gasteiger partial charge >= 0.3 is 0 Å². The average Bonchev–Trinajstić information content (AvgIpc) is 3.03. The van der Waals surface area contributed by atoms with Crippen molar-refractivity contribution in [2.45, 2.75) is 23.9 Å². The van der Waals surface area contributed by atoms with E-state index in [0.29, 0.717) is 24.4 Å². The van der Waals surface area contributed by atoms with E-state index < -0.39 is 0 Å². The largest absolute Gasteiger partial charge is 0.383 e. The molecule has 0 saturated carbocycles. The van der Waals surface area contributed by atoms with Crippen LogP contribution in [0.25, 0.3) is 11.0 Å². The van der Waals surface area contributed by atoms with Crippen molar-refractivity contribution in [1.82, 2.24) is 9.55 Å². The first-order valence-corrected chi connectivity index (χ1v) is 9.43. The number of imidazole rings is 1. The number of nitrogens with one attached hydrogen (secondary N) is 1. The Morgan fingerprint density at radius 1 is 1.30 bits per heavy atom. The van der Waals surface area contributed by atoms with E-state index in [2.05, 4.69) is 20.9 Å². The first kappa shape index (κ1) is 19.0. The Labute approximate surface area is 162 Å². The SMILES string of the molecule is COCCn1c(SC(C)C(=O)Nc2ccccc2C#N)nc2ccccc21. The normalized spacial score (nSPS) is 11.9. The van der Waals surface area contributed by atoms with Crippen LogP contribution in [0.2, 0.25) is 0 Å². The summed E-state index contributed by atoms with van der Waals surface area (Å²) in [5, 5.41) is 12.4. The second kappa shape index (κ2) is 8.71. The van der Waals surface area contributed by atoms with Crippen LogP contribution in [-0.4, -0.2) is 34.4 Å². The Morgan fingerprint density at radius 2 is 2.04 bits per heavy atom. The molecule has 0 spiro atoms. The number of carbonyl (C=O) groups excluding carboxylic acids is 1. The van der Waals surface area contributed by atoms with Gasteiger partial charge in [0.2, 0.25) is 5.91 Å². The Morgan fingerprint density at radius 3 is 2.81 bits per heavy atom.